The van der Waals surface area contributed by atoms with E-state index in [1.54, 1.807) is 4.90 Å². The second-order valence-corrected chi connectivity index (χ2v) is 6.78. The Labute approximate surface area is 162 Å². The van der Waals surface area contributed by atoms with Crippen molar-refractivity contribution >= 4 is 11.9 Å². The van der Waals surface area contributed by atoms with Gasteiger partial charge in [-0.3, -0.25) is 9.59 Å². The van der Waals surface area contributed by atoms with E-state index in [2.05, 4.69) is 43.3 Å². The molecule has 1 amide bonds. The van der Waals surface area contributed by atoms with Crippen LogP contribution in [0.25, 0.3) is 0 Å². The molecule has 0 bridgehead atoms. The van der Waals surface area contributed by atoms with Crippen LogP contribution in [-0.4, -0.2) is 37.0 Å². The zero-order chi connectivity index (χ0) is 19.5. The summed E-state index contributed by atoms with van der Waals surface area (Å²) in [5.41, 5.74) is 3.68. The molecular weight excluding hydrogens is 338 g/mol. The van der Waals surface area contributed by atoms with Gasteiger partial charge in [-0.05, 0) is 37.3 Å². The van der Waals surface area contributed by atoms with Crippen LogP contribution in [0, 0.1) is 6.92 Å². The van der Waals surface area contributed by atoms with E-state index in [1.165, 1.54) is 23.8 Å². The number of benzene rings is 2. The van der Waals surface area contributed by atoms with Crippen molar-refractivity contribution in [2.45, 2.75) is 39.0 Å². The summed E-state index contributed by atoms with van der Waals surface area (Å²) in [5, 5.41) is 0. The number of methoxy groups -OCH3 is 1. The molecule has 0 aliphatic heterocycles. The average Bonchev–Trinajstić information content (AvgIpc) is 2.70. The summed E-state index contributed by atoms with van der Waals surface area (Å²) in [4.78, 5) is 26.0. The fourth-order valence-electron chi connectivity index (χ4n) is 2.95. The SMILES string of the molecule is COC(=O)CCN(CCc1ccccc1)C(=O)CCCc1ccc(C)cc1. The molecule has 0 radical (unpaired) electrons. The molecule has 0 spiro atoms. The molecule has 2 aromatic carbocycles. The number of amides is 1. The van der Waals surface area contributed by atoms with Gasteiger partial charge in [-0.2, -0.15) is 0 Å². The van der Waals surface area contributed by atoms with Crippen LogP contribution in [0.15, 0.2) is 54.6 Å². The third-order valence-electron chi connectivity index (χ3n) is 4.66. The zero-order valence-corrected chi connectivity index (χ0v) is 16.3. The molecule has 144 valence electrons. The monoisotopic (exact) mass is 367 g/mol. The molecule has 0 unspecified atom stereocenters. The van der Waals surface area contributed by atoms with Crippen molar-refractivity contribution in [2.24, 2.45) is 0 Å². The molecule has 0 heterocycles. The number of ether oxygens (including phenoxy) is 1. The maximum Gasteiger partial charge on any atom is 0.307 e. The van der Waals surface area contributed by atoms with Crippen LogP contribution >= 0.6 is 0 Å². The maximum absolute atomic E-state index is 12.7. The minimum Gasteiger partial charge on any atom is -0.469 e. The van der Waals surface area contributed by atoms with Gasteiger partial charge in [0.05, 0.1) is 13.5 Å². The van der Waals surface area contributed by atoms with Crippen LogP contribution in [0.4, 0.5) is 0 Å². The summed E-state index contributed by atoms with van der Waals surface area (Å²) in [5.74, 6) is -0.186. The van der Waals surface area contributed by atoms with E-state index in [1.807, 2.05) is 18.2 Å². The Morgan fingerprint density at radius 2 is 1.52 bits per heavy atom. The molecule has 0 aliphatic rings. The predicted molar refractivity (Wildman–Crippen MR) is 107 cm³/mol. The van der Waals surface area contributed by atoms with Gasteiger partial charge in [-0.1, -0.05) is 60.2 Å². The van der Waals surface area contributed by atoms with Gasteiger partial charge in [-0.15, -0.1) is 0 Å². The Hall–Kier alpha value is -2.62. The summed E-state index contributed by atoms with van der Waals surface area (Å²) in [6.07, 6.45) is 3.20. The topological polar surface area (TPSA) is 46.6 Å². The maximum atomic E-state index is 12.7. The lowest BCUT2D eigenvalue weighted by Crippen LogP contribution is -2.34. The van der Waals surface area contributed by atoms with Gasteiger partial charge in [0.1, 0.15) is 0 Å². The normalized spacial score (nSPS) is 10.4. The first-order valence-electron chi connectivity index (χ1n) is 9.52. The molecule has 2 aromatic rings. The number of carbonyl (C=O) groups is 2. The van der Waals surface area contributed by atoms with Crippen molar-refractivity contribution in [3.8, 4) is 0 Å². The predicted octanol–water partition coefficient (Wildman–Crippen LogP) is 3.95. The molecule has 0 aliphatic carbocycles. The number of carbonyl (C=O) groups excluding carboxylic acids is 2. The van der Waals surface area contributed by atoms with Crippen molar-refractivity contribution in [2.75, 3.05) is 20.2 Å². The third kappa shape index (κ3) is 7.65. The third-order valence-corrected chi connectivity index (χ3v) is 4.66. The Bertz CT molecular complexity index is 710. The van der Waals surface area contributed by atoms with Crippen molar-refractivity contribution in [1.29, 1.82) is 0 Å². The minimum atomic E-state index is -0.285. The molecule has 0 N–H and O–H groups in total. The quantitative estimate of drug-likeness (QED) is 0.597. The largest absolute Gasteiger partial charge is 0.469 e. The van der Waals surface area contributed by atoms with Crippen LogP contribution < -0.4 is 0 Å². The van der Waals surface area contributed by atoms with E-state index < -0.39 is 0 Å². The molecule has 0 aromatic heterocycles. The Balaban J connectivity index is 1.86. The fourth-order valence-corrected chi connectivity index (χ4v) is 2.95. The molecule has 0 fully saturated rings. The lowest BCUT2D eigenvalue weighted by Gasteiger charge is -2.22. The molecule has 0 atom stereocenters. The Morgan fingerprint density at radius 1 is 0.852 bits per heavy atom. The highest BCUT2D eigenvalue weighted by Gasteiger charge is 2.15. The Morgan fingerprint density at radius 3 is 2.19 bits per heavy atom. The summed E-state index contributed by atoms with van der Waals surface area (Å²) in [7, 11) is 1.38. The van der Waals surface area contributed by atoms with Crippen LogP contribution in [0.5, 0.6) is 0 Å². The van der Waals surface area contributed by atoms with Crippen LogP contribution in [-0.2, 0) is 27.2 Å². The van der Waals surface area contributed by atoms with Crippen molar-refractivity contribution in [3.05, 3.63) is 71.3 Å². The number of hydrogen-bond donors (Lipinski definition) is 0. The highest BCUT2D eigenvalue weighted by molar-refractivity contribution is 5.77. The van der Waals surface area contributed by atoms with E-state index in [0.717, 1.165) is 19.3 Å². The summed E-state index contributed by atoms with van der Waals surface area (Å²) in [6, 6.07) is 18.5. The highest BCUT2D eigenvalue weighted by Crippen LogP contribution is 2.10. The molecule has 0 saturated heterocycles. The first-order chi connectivity index (χ1) is 13.1. The standard InChI is InChI=1S/C23H29NO3/c1-19-11-13-21(14-12-19)9-6-10-22(25)24(18-16-23(26)27-2)17-15-20-7-4-3-5-8-20/h3-5,7-8,11-14H,6,9-10,15-18H2,1-2H3. The van der Waals surface area contributed by atoms with E-state index in [-0.39, 0.29) is 18.3 Å². The van der Waals surface area contributed by atoms with Crippen molar-refractivity contribution in [3.63, 3.8) is 0 Å². The lowest BCUT2D eigenvalue weighted by molar-refractivity contribution is -0.141. The lowest BCUT2D eigenvalue weighted by atomic mass is 10.1. The van der Waals surface area contributed by atoms with Crippen LogP contribution in [0.1, 0.15) is 36.0 Å². The summed E-state index contributed by atoms with van der Waals surface area (Å²) in [6.45, 7) is 3.09. The summed E-state index contributed by atoms with van der Waals surface area (Å²) >= 11 is 0. The van der Waals surface area contributed by atoms with Crippen LogP contribution in [0.3, 0.4) is 0 Å². The molecule has 2 rings (SSSR count). The second kappa shape index (κ2) is 11.2. The van der Waals surface area contributed by atoms with Crippen LogP contribution in [0.2, 0.25) is 0 Å². The fraction of sp³-hybridized carbons (Fsp3) is 0.391. The van der Waals surface area contributed by atoms with E-state index in [4.69, 9.17) is 4.74 Å². The number of aryl methyl sites for hydroxylation is 2. The molecule has 4 nitrogen and oxygen atoms in total. The smallest absolute Gasteiger partial charge is 0.307 e. The second-order valence-electron chi connectivity index (χ2n) is 6.78. The molecule has 4 heteroatoms. The van der Waals surface area contributed by atoms with Crippen molar-refractivity contribution in [1.82, 2.24) is 4.90 Å². The minimum absolute atomic E-state index is 0.0990. The average molecular weight is 367 g/mol. The number of esters is 1. The first kappa shape index (κ1) is 20.7. The molecule has 27 heavy (non-hydrogen) atoms. The Kier molecular flexibility index (Phi) is 8.56. The van der Waals surface area contributed by atoms with E-state index >= 15 is 0 Å². The highest BCUT2D eigenvalue weighted by atomic mass is 16.5. The van der Waals surface area contributed by atoms with Gasteiger partial charge in [0.2, 0.25) is 5.91 Å². The van der Waals surface area contributed by atoms with Gasteiger partial charge >= 0.3 is 5.97 Å². The van der Waals surface area contributed by atoms with Gasteiger partial charge in [0, 0.05) is 19.5 Å². The number of hydrogen-bond acceptors (Lipinski definition) is 3. The van der Waals surface area contributed by atoms with Gasteiger partial charge in [-0.25, -0.2) is 0 Å². The van der Waals surface area contributed by atoms with Crippen molar-refractivity contribution < 1.29 is 14.3 Å². The first-order valence-corrected chi connectivity index (χ1v) is 9.52. The van der Waals surface area contributed by atoms with E-state index in [0.29, 0.717) is 19.5 Å². The number of rotatable bonds is 10. The van der Waals surface area contributed by atoms with Gasteiger partial charge < -0.3 is 9.64 Å². The molecular formula is C23H29NO3. The zero-order valence-electron chi connectivity index (χ0n) is 16.3. The van der Waals surface area contributed by atoms with Gasteiger partial charge in [0.15, 0.2) is 0 Å². The van der Waals surface area contributed by atoms with E-state index in [9.17, 15) is 9.59 Å². The van der Waals surface area contributed by atoms with Gasteiger partial charge in [0.25, 0.3) is 0 Å². The summed E-state index contributed by atoms with van der Waals surface area (Å²) < 4.78 is 4.71. The number of nitrogens with zero attached hydrogens (tertiary/aromatic N) is 1. The molecule has 0 saturated carbocycles.